The Morgan fingerprint density at radius 1 is 1.20 bits per heavy atom. The molecule has 4 heteroatoms. The standard InChI is InChI=1S/C6H4Br2ClP/c7-10(8)6-4-2-1-3-5(6)9/h1-4H. The SMILES string of the molecule is Clc1ccccc1P(Br)Br. The Morgan fingerprint density at radius 2 is 1.80 bits per heavy atom. The third-order valence-electron chi connectivity index (χ3n) is 1.03. The lowest BCUT2D eigenvalue weighted by Gasteiger charge is -2.02. The van der Waals surface area contributed by atoms with E-state index in [0.29, 0.717) is 0 Å². The van der Waals surface area contributed by atoms with Crippen LogP contribution in [0.3, 0.4) is 0 Å². The van der Waals surface area contributed by atoms with E-state index < -0.39 is 5.33 Å². The van der Waals surface area contributed by atoms with Crippen LogP contribution in [0, 0.1) is 0 Å². The number of hydrogen-bond acceptors (Lipinski definition) is 0. The predicted octanol–water partition coefficient (Wildman–Crippen LogP) is 4.07. The quantitative estimate of drug-likeness (QED) is 0.686. The molecule has 1 aromatic rings. The molecule has 0 saturated carbocycles. The summed E-state index contributed by atoms with van der Waals surface area (Å²) in [5.74, 6) is 0. The van der Waals surface area contributed by atoms with Crippen LogP contribution in [0.15, 0.2) is 24.3 Å². The lowest BCUT2D eigenvalue weighted by Crippen LogP contribution is -1.93. The van der Waals surface area contributed by atoms with E-state index in [0.717, 1.165) is 10.3 Å². The Labute approximate surface area is 82.2 Å². The molecule has 0 spiro atoms. The highest BCUT2D eigenvalue weighted by molar-refractivity contribution is 9.70. The van der Waals surface area contributed by atoms with Crippen LogP contribution in [0.25, 0.3) is 0 Å². The van der Waals surface area contributed by atoms with Gasteiger partial charge in [-0.25, -0.2) is 0 Å². The molecule has 0 aromatic heterocycles. The van der Waals surface area contributed by atoms with Gasteiger partial charge in [0.2, 0.25) is 0 Å². The summed E-state index contributed by atoms with van der Waals surface area (Å²) in [6, 6.07) is 7.77. The minimum Gasteiger partial charge on any atom is -0.0836 e. The normalized spacial score (nSPS) is 10.4. The molecular weight excluding hydrogens is 298 g/mol. The van der Waals surface area contributed by atoms with Crippen LogP contribution in [0.5, 0.6) is 0 Å². The van der Waals surface area contributed by atoms with Crippen LogP contribution in [0.2, 0.25) is 5.02 Å². The topological polar surface area (TPSA) is 0 Å². The molecule has 0 unspecified atom stereocenters. The molecule has 0 fully saturated rings. The molecule has 0 radical (unpaired) electrons. The van der Waals surface area contributed by atoms with E-state index in [-0.39, 0.29) is 0 Å². The third kappa shape index (κ3) is 2.20. The highest BCUT2D eigenvalue weighted by Crippen LogP contribution is 2.51. The van der Waals surface area contributed by atoms with Crippen molar-refractivity contribution >= 4 is 53.2 Å². The van der Waals surface area contributed by atoms with Crippen molar-refractivity contribution in [3.63, 3.8) is 0 Å². The van der Waals surface area contributed by atoms with Crippen molar-refractivity contribution in [1.29, 1.82) is 0 Å². The summed E-state index contributed by atoms with van der Waals surface area (Å²) >= 11 is 12.7. The van der Waals surface area contributed by atoms with E-state index in [4.69, 9.17) is 11.6 Å². The molecule has 0 saturated heterocycles. The van der Waals surface area contributed by atoms with Crippen LogP contribution in [-0.4, -0.2) is 0 Å². The Bertz CT molecular complexity index is 227. The largest absolute Gasteiger partial charge is 0.0836 e. The second-order valence-corrected chi connectivity index (χ2v) is 10.2. The highest BCUT2D eigenvalue weighted by Gasteiger charge is 2.04. The van der Waals surface area contributed by atoms with Gasteiger partial charge in [-0.3, -0.25) is 0 Å². The van der Waals surface area contributed by atoms with Crippen LogP contribution in [0.1, 0.15) is 0 Å². The summed E-state index contributed by atoms with van der Waals surface area (Å²) in [5, 5.41) is 1.51. The Balaban J connectivity index is 3.03. The first-order valence-electron chi connectivity index (χ1n) is 2.58. The van der Waals surface area contributed by atoms with Gasteiger partial charge in [-0.1, -0.05) is 29.8 Å². The molecule has 0 amide bonds. The zero-order valence-electron chi connectivity index (χ0n) is 4.89. The molecule has 1 rings (SSSR count). The molecule has 1 aromatic carbocycles. The molecule has 0 heterocycles. The van der Waals surface area contributed by atoms with E-state index in [9.17, 15) is 0 Å². The minimum atomic E-state index is -0.423. The monoisotopic (exact) mass is 300 g/mol. The maximum atomic E-state index is 5.88. The summed E-state index contributed by atoms with van der Waals surface area (Å²) in [6.07, 6.45) is 0. The summed E-state index contributed by atoms with van der Waals surface area (Å²) in [6.45, 7) is 0. The number of benzene rings is 1. The number of rotatable bonds is 1. The Kier molecular flexibility index (Phi) is 3.65. The van der Waals surface area contributed by atoms with Gasteiger partial charge >= 0.3 is 0 Å². The van der Waals surface area contributed by atoms with Crippen molar-refractivity contribution < 1.29 is 0 Å². The van der Waals surface area contributed by atoms with Gasteiger partial charge in [0.1, 0.15) is 0 Å². The molecular formula is C6H4Br2ClP. The van der Waals surface area contributed by atoms with Gasteiger partial charge in [-0.2, -0.15) is 0 Å². The lowest BCUT2D eigenvalue weighted by molar-refractivity contribution is 1.78. The molecule has 0 atom stereocenters. The lowest BCUT2D eigenvalue weighted by atomic mass is 10.4. The first-order chi connectivity index (χ1) is 4.72. The van der Waals surface area contributed by atoms with Crippen molar-refractivity contribution in [3.8, 4) is 0 Å². The molecule has 0 aliphatic rings. The van der Waals surface area contributed by atoms with Gasteiger partial charge in [-0.05, 0) is 37.0 Å². The van der Waals surface area contributed by atoms with Crippen molar-refractivity contribution in [1.82, 2.24) is 0 Å². The predicted molar refractivity (Wildman–Crippen MR) is 55.9 cm³/mol. The van der Waals surface area contributed by atoms with Crippen molar-refractivity contribution in [2.45, 2.75) is 0 Å². The van der Waals surface area contributed by atoms with E-state index in [1.165, 1.54) is 0 Å². The summed E-state index contributed by atoms with van der Waals surface area (Å²) in [7, 11) is 0. The van der Waals surface area contributed by atoms with Crippen LogP contribution in [0.4, 0.5) is 0 Å². The second-order valence-electron chi connectivity index (χ2n) is 1.68. The zero-order valence-corrected chi connectivity index (χ0v) is 9.71. The van der Waals surface area contributed by atoms with Crippen LogP contribution < -0.4 is 5.30 Å². The highest BCUT2D eigenvalue weighted by atomic mass is 79.9. The van der Waals surface area contributed by atoms with Crippen molar-refractivity contribution in [3.05, 3.63) is 29.3 Å². The van der Waals surface area contributed by atoms with E-state index in [2.05, 4.69) is 31.0 Å². The average Bonchev–Trinajstić information content (AvgIpc) is 1.88. The fourth-order valence-corrected chi connectivity index (χ4v) is 3.88. The smallest absolute Gasteiger partial charge is 0.0669 e. The zero-order chi connectivity index (χ0) is 7.56. The fraction of sp³-hybridized carbons (Fsp3) is 0. The summed E-state index contributed by atoms with van der Waals surface area (Å²) < 4.78 is 0. The van der Waals surface area contributed by atoms with E-state index in [1.807, 2.05) is 24.3 Å². The molecule has 10 heavy (non-hydrogen) atoms. The van der Waals surface area contributed by atoms with Gasteiger partial charge in [0.05, 0.1) is 5.33 Å². The van der Waals surface area contributed by atoms with E-state index in [1.54, 1.807) is 0 Å². The van der Waals surface area contributed by atoms with Gasteiger partial charge in [-0.15, -0.1) is 0 Å². The van der Waals surface area contributed by atoms with Crippen molar-refractivity contribution in [2.75, 3.05) is 0 Å². The Morgan fingerprint density at radius 3 is 2.20 bits per heavy atom. The third-order valence-corrected chi connectivity index (χ3v) is 4.54. The molecule has 0 N–H and O–H groups in total. The van der Waals surface area contributed by atoms with Gasteiger partial charge < -0.3 is 0 Å². The van der Waals surface area contributed by atoms with Crippen molar-refractivity contribution in [2.24, 2.45) is 0 Å². The van der Waals surface area contributed by atoms with Gasteiger partial charge in [0, 0.05) is 10.3 Å². The van der Waals surface area contributed by atoms with Crippen LogP contribution in [-0.2, 0) is 0 Å². The molecule has 0 aliphatic carbocycles. The first-order valence-corrected chi connectivity index (χ1v) is 8.33. The average molecular weight is 302 g/mol. The number of hydrogen-bond donors (Lipinski definition) is 0. The molecule has 0 nitrogen and oxygen atoms in total. The second kappa shape index (κ2) is 4.06. The Hall–Kier alpha value is 0.900. The number of halogens is 3. The van der Waals surface area contributed by atoms with Gasteiger partial charge in [0.15, 0.2) is 0 Å². The maximum Gasteiger partial charge on any atom is 0.0669 e. The molecule has 54 valence electrons. The molecule has 0 aliphatic heterocycles. The van der Waals surface area contributed by atoms with Gasteiger partial charge in [0.25, 0.3) is 0 Å². The summed E-state index contributed by atoms with van der Waals surface area (Å²) in [4.78, 5) is 0. The first kappa shape index (κ1) is 8.99. The van der Waals surface area contributed by atoms with E-state index >= 15 is 0 Å². The summed E-state index contributed by atoms with van der Waals surface area (Å²) in [5.41, 5.74) is 0. The fourth-order valence-electron chi connectivity index (χ4n) is 0.589. The maximum absolute atomic E-state index is 5.88. The van der Waals surface area contributed by atoms with Crippen LogP contribution >= 0.6 is 47.9 Å². The minimum absolute atomic E-state index is 0.423. The molecule has 0 bridgehead atoms.